The van der Waals surface area contributed by atoms with Crippen LogP contribution in [0.25, 0.3) is 0 Å². The summed E-state index contributed by atoms with van der Waals surface area (Å²) in [5, 5.41) is 2.14. The summed E-state index contributed by atoms with van der Waals surface area (Å²) in [5.74, 6) is 2.31. The van der Waals surface area contributed by atoms with Crippen molar-refractivity contribution < 1.29 is 0 Å². The van der Waals surface area contributed by atoms with Crippen molar-refractivity contribution in [2.24, 2.45) is 4.99 Å². The molecular weight excluding hydrogens is 189 g/mol. The van der Waals surface area contributed by atoms with Crippen molar-refractivity contribution in [3.63, 3.8) is 0 Å². The standard InChI is InChI=1S/C8H9NSe/c1-10-6-9-7-4-2-3-5-8(7)10/h2-6,10H,1H3. The van der Waals surface area contributed by atoms with Crippen LogP contribution in [0, 0.1) is 0 Å². The summed E-state index contributed by atoms with van der Waals surface area (Å²) in [4.78, 5) is 4.32. The number of nitrogens with zero attached hydrogens (tertiary/aromatic N) is 1. The molecule has 0 bridgehead atoms. The Bertz CT molecular complexity index is 280. The van der Waals surface area contributed by atoms with Gasteiger partial charge in [0.05, 0.1) is 0 Å². The maximum atomic E-state index is 4.32. The number of hydrogen-bond donors (Lipinski definition) is 0. The average molecular weight is 198 g/mol. The van der Waals surface area contributed by atoms with Crippen LogP contribution in [-0.2, 0) is 0 Å². The maximum absolute atomic E-state index is 4.32. The van der Waals surface area contributed by atoms with Gasteiger partial charge in [-0.3, -0.25) is 0 Å². The van der Waals surface area contributed by atoms with E-state index in [1.54, 1.807) is 0 Å². The predicted octanol–water partition coefficient (Wildman–Crippen LogP) is 1.01. The molecule has 0 saturated heterocycles. The second-order valence-electron chi connectivity index (χ2n) is 2.34. The molecule has 1 unspecified atom stereocenters. The molecule has 2 heteroatoms. The fraction of sp³-hybridized carbons (Fsp3) is 0.125. The second kappa shape index (κ2) is 2.22. The van der Waals surface area contributed by atoms with E-state index in [-0.39, 0.29) is 0 Å². The Morgan fingerprint density at radius 1 is 1.30 bits per heavy atom. The molecule has 0 fully saturated rings. The molecule has 0 radical (unpaired) electrons. The molecule has 10 heavy (non-hydrogen) atoms. The van der Waals surface area contributed by atoms with E-state index in [9.17, 15) is 0 Å². The summed E-state index contributed by atoms with van der Waals surface area (Å²) in [6.07, 6.45) is 0. The van der Waals surface area contributed by atoms with Crippen LogP contribution in [0.1, 0.15) is 0 Å². The van der Waals surface area contributed by atoms with Crippen LogP contribution in [0.2, 0.25) is 5.82 Å². The number of para-hydroxylation sites is 1. The normalized spacial score (nSPS) is 24.7. The number of fused-ring (bicyclic) bond motifs is 1. The van der Waals surface area contributed by atoms with E-state index in [2.05, 4.69) is 34.1 Å². The van der Waals surface area contributed by atoms with Crippen LogP contribution < -0.4 is 4.46 Å². The Kier molecular flexibility index (Phi) is 1.37. The molecule has 1 nitrogen and oxygen atoms in total. The molecule has 1 atom stereocenters. The number of aliphatic imine (C=N–C) groups is 1. The van der Waals surface area contributed by atoms with Crippen LogP contribution >= 0.6 is 0 Å². The van der Waals surface area contributed by atoms with Gasteiger partial charge in [0.15, 0.2) is 0 Å². The summed E-state index contributed by atoms with van der Waals surface area (Å²) in [6, 6.07) is 8.43. The van der Waals surface area contributed by atoms with E-state index in [0.29, 0.717) is 0 Å². The third-order valence-corrected chi connectivity index (χ3v) is 4.99. The van der Waals surface area contributed by atoms with Gasteiger partial charge in [-0.2, -0.15) is 0 Å². The molecule has 0 N–H and O–H groups in total. The molecule has 0 aromatic heterocycles. The van der Waals surface area contributed by atoms with Gasteiger partial charge < -0.3 is 0 Å². The van der Waals surface area contributed by atoms with E-state index in [1.807, 2.05) is 6.07 Å². The van der Waals surface area contributed by atoms with Crippen LogP contribution in [-0.4, -0.2) is 19.0 Å². The van der Waals surface area contributed by atoms with E-state index >= 15 is 0 Å². The molecule has 1 aliphatic heterocycles. The SMILES string of the molecule is C[SeH]1C=Nc2ccccc21. The van der Waals surface area contributed by atoms with Gasteiger partial charge in [-0.25, -0.2) is 0 Å². The summed E-state index contributed by atoms with van der Waals surface area (Å²) in [7, 11) is 0. The van der Waals surface area contributed by atoms with Crippen LogP contribution in [0.15, 0.2) is 29.3 Å². The Labute approximate surface area is 64.7 Å². The van der Waals surface area contributed by atoms with Crippen molar-refractivity contribution in [1.82, 2.24) is 0 Å². The Morgan fingerprint density at radius 2 is 2.10 bits per heavy atom. The van der Waals surface area contributed by atoms with E-state index in [1.165, 1.54) is 10.1 Å². The summed E-state index contributed by atoms with van der Waals surface area (Å²) >= 11 is -0.801. The van der Waals surface area contributed by atoms with Gasteiger partial charge in [-0.05, 0) is 0 Å². The number of benzene rings is 1. The first-order valence-corrected chi connectivity index (χ1v) is 7.14. The molecule has 1 aromatic carbocycles. The predicted molar refractivity (Wildman–Crippen MR) is 47.2 cm³/mol. The van der Waals surface area contributed by atoms with Gasteiger partial charge in [0.1, 0.15) is 0 Å². The van der Waals surface area contributed by atoms with Gasteiger partial charge in [-0.1, -0.05) is 0 Å². The molecule has 2 rings (SSSR count). The monoisotopic (exact) mass is 199 g/mol. The third-order valence-electron chi connectivity index (χ3n) is 1.63. The van der Waals surface area contributed by atoms with Gasteiger partial charge in [0.2, 0.25) is 0 Å². The molecule has 1 heterocycles. The van der Waals surface area contributed by atoms with Crippen molar-refractivity contribution in [2.75, 3.05) is 0 Å². The zero-order chi connectivity index (χ0) is 6.97. The van der Waals surface area contributed by atoms with E-state index in [0.717, 1.165) is 0 Å². The van der Waals surface area contributed by atoms with Crippen molar-refractivity contribution in [3.8, 4) is 0 Å². The molecule has 1 aliphatic rings. The molecule has 0 saturated carbocycles. The molecule has 0 aliphatic carbocycles. The van der Waals surface area contributed by atoms with Gasteiger partial charge in [-0.15, -0.1) is 0 Å². The minimum atomic E-state index is -0.801. The third kappa shape index (κ3) is 0.808. The first-order valence-electron chi connectivity index (χ1n) is 3.24. The fourth-order valence-electron chi connectivity index (χ4n) is 1.08. The van der Waals surface area contributed by atoms with Crippen LogP contribution in [0.5, 0.6) is 0 Å². The van der Waals surface area contributed by atoms with E-state index < -0.39 is 13.9 Å². The zero-order valence-electron chi connectivity index (χ0n) is 5.78. The minimum absolute atomic E-state index is 0.801. The molecule has 0 spiro atoms. The quantitative estimate of drug-likeness (QED) is 0.551. The molecule has 52 valence electrons. The van der Waals surface area contributed by atoms with Crippen LogP contribution in [0.4, 0.5) is 5.69 Å². The van der Waals surface area contributed by atoms with Gasteiger partial charge in [0.25, 0.3) is 0 Å². The fourth-order valence-corrected chi connectivity index (χ4v) is 3.68. The summed E-state index contributed by atoms with van der Waals surface area (Å²) in [6.45, 7) is 0. The van der Waals surface area contributed by atoms with Crippen molar-refractivity contribution >= 4 is 29.2 Å². The van der Waals surface area contributed by atoms with Crippen LogP contribution in [0.3, 0.4) is 0 Å². The van der Waals surface area contributed by atoms with Crippen molar-refractivity contribution in [1.29, 1.82) is 0 Å². The van der Waals surface area contributed by atoms with Gasteiger partial charge in [0, 0.05) is 0 Å². The first kappa shape index (κ1) is 6.14. The summed E-state index contributed by atoms with van der Waals surface area (Å²) < 4.78 is 1.50. The molecular formula is C8H9NSe. The Hall–Kier alpha value is -0.591. The van der Waals surface area contributed by atoms with Gasteiger partial charge >= 0.3 is 64.2 Å². The second-order valence-corrected chi connectivity index (χ2v) is 6.40. The zero-order valence-corrected chi connectivity index (χ0v) is 7.66. The first-order chi connectivity index (χ1) is 4.88. The van der Waals surface area contributed by atoms with Crippen molar-refractivity contribution in [2.45, 2.75) is 5.82 Å². The number of hydrogen-bond acceptors (Lipinski definition) is 1. The van der Waals surface area contributed by atoms with Crippen molar-refractivity contribution in [3.05, 3.63) is 24.3 Å². The Morgan fingerprint density at radius 3 is 2.90 bits per heavy atom. The average Bonchev–Trinajstić information content (AvgIpc) is 2.34. The Balaban J connectivity index is 2.59. The number of rotatable bonds is 0. The molecule has 0 amide bonds. The topological polar surface area (TPSA) is 12.4 Å². The van der Waals surface area contributed by atoms with E-state index in [4.69, 9.17) is 0 Å². The summed E-state index contributed by atoms with van der Waals surface area (Å²) in [5.41, 5.74) is 1.20. The molecule has 1 aromatic rings.